The summed E-state index contributed by atoms with van der Waals surface area (Å²) in [5, 5.41) is 11.5. The van der Waals surface area contributed by atoms with Gasteiger partial charge in [0.15, 0.2) is 0 Å². The van der Waals surface area contributed by atoms with Gasteiger partial charge in [0.05, 0.1) is 15.1 Å². The topological polar surface area (TPSA) is 56.0 Å². The van der Waals surface area contributed by atoms with Crippen molar-refractivity contribution in [1.29, 1.82) is 0 Å². The van der Waals surface area contributed by atoms with Gasteiger partial charge in [-0.05, 0) is 48.4 Å². The molecule has 0 amide bonds. The average molecular weight is 296 g/mol. The second-order valence-electron chi connectivity index (χ2n) is 4.71. The predicted octanol–water partition coefficient (Wildman–Crippen LogP) is 4.68. The molecule has 0 unspecified atom stereocenters. The Morgan fingerprint density at radius 2 is 1.90 bits per heavy atom. The van der Waals surface area contributed by atoms with E-state index in [4.69, 9.17) is 0 Å². The zero-order valence-electron chi connectivity index (χ0n) is 11.3. The minimum absolute atomic E-state index is 0.0996. The molecule has 1 aromatic heterocycles. The molecule has 0 aliphatic heterocycles. The van der Waals surface area contributed by atoms with Crippen molar-refractivity contribution in [3.63, 3.8) is 0 Å². The van der Waals surface area contributed by atoms with Crippen LogP contribution in [0.1, 0.15) is 16.1 Å². The highest BCUT2D eigenvalue weighted by Crippen LogP contribution is 2.24. The van der Waals surface area contributed by atoms with E-state index < -0.39 is 4.92 Å². The molecule has 0 fully saturated rings. The fraction of sp³-hybridized carbons (Fsp3) is 0.0625. The zero-order valence-corrected chi connectivity index (χ0v) is 12.1. The molecule has 104 valence electrons. The standard InChI is InChI=1S/C16H12N2O2S/c1-11-2-8-14-15(10-11)21-16(17-14)9-5-12-3-6-13(7-4-12)18(19)20/h2-10H,1H3. The number of nitro groups is 1. The van der Waals surface area contributed by atoms with E-state index in [0.29, 0.717) is 0 Å². The molecule has 2 aromatic carbocycles. The largest absolute Gasteiger partial charge is 0.269 e. The van der Waals surface area contributed by atoms with Gasteiger partial charge in [-0.2, -0.15) is 0 Å². The molecule has 0 bridgehead atoms. The van der Waals surface area contributed by atoms with Crippen molar-refractivity contribution in [3.05, 3.63) is 68.7 Å². The third-order valence-corrected chi connectivity index (χ3v) is 4.07. The van der Waals surface area contributed by atoms with Crippen LogP contribution in [0.15, 0.2) is 42.5 Å². The summed E-state index contributed by atoms with van der Waals surface area (Å²) in [6.45, 7) is 2.06. The summed E-state index contributed by atoms with van der Waals surface area (Å²) in [6.07, 6.45) is 3.84. The molecule has 0 saturated carbocycles. The molecule has 1 heterocycles. The van der Waals surface area contributed by atoms with Crippen LogP contribution in [0.3, 0.4) is 0 Å². The quantitative estimate of drug-likeness (QED) is 0.520. The third kappa shape index (κ3) is 2.98. The minimum atomic E-state index is -0.399. The summed E-state index contributed by atoms with van der Waals surface area (Å²) in [6, 6.07) is 12.6. The van der Waals surface area contributed by atoms with Gasteiger partial charge in [-0.25, -0.2) is 4.98 Å². The summed E-state index contributed by atoms with van der Waals surface area (Å²) < 4.78 is 1.17. The Morgan fingerprint density at radius 3 is 2.62 bits per heavy atom. The second-order valence-corrected chi connectivity index (χ2v) is 5.77. The van der Waals surface area contributed by atoms with E-state index in [1.807, 2.05) is 24.3 Å². The first kappa shape index (κ1) is 13.5. The van der Waals surface area contributed by atoms with Gasteiger partial charge in [-0.1, -0.05) is 12.1 Å². The SMILES string of the molecule is Cc1ccc2nc(C=Cc3ccc([N+](=O)[O-])cc3)sc2c1. The Balaban J connectivity index is 1.85. The van der Waals surface area contributed by atoms with E-state index in [-0.39, 0.29) is 5.69 Å². The first-order chi connectivity index (χ1) is 10.1. The lowest BCUT2D eigenvalue weighted by atomic mass is 10.2. The molecule has 0 aliphatic carbocycles. The molecule has 0 saturated heterocycles. The maximum atomic E-state index is 10.6. The van der Waals surface area contributed by atoms with Gasteiger partial charge in [0.1, 0.15) is 5.01 Å². The molecule has 0 radical (unpaired) electrons. The Hall–Kier alpha value is -2.53. The van der Waals surface area contributed by atoms with Crippen LogP contribution >= 0.6 is 11.3 Å². The summed E-state index contributed by atoms with van der Waals surface area (Å²) in [5.41, 5.74) is 3.23. The number of aromatic nitrogens is 1. The lowest BCUT2D eigenvalue weighted by Crippen LogP contribution is -1.86. The molecular formula is C16H12N2O2S. The highest BCUT2D eigenvalue weighted by Gasteiger charge is 2.03. The van der Waals surface area contributed by atoms with Crippen molar-refractivity contribution in [1.82, 2.24) is 4.98 Å². The van der Waals surface area contributed by atoms with Crippen LogP contribution in [-0.2, 0) is 0 Å². The highest BCUT2D eigenvalue weighted by atomic mass is 32.1. The number of nitrogens with zero attached hydrogens (tertiary/aromatic N) is 2. The number of fused-ring (bicyclic) bond motifs is 1. The van der Waals surface area contributed by atoms with Crippen LogP contribution in [0.5, 0.6) is 0 Å². The molecule has 3 aromatic rings. The normalized spacial score (nSPS) is 11.3. The summed E-state index contributed by atoms with van der Waals surface area (Å²) >= 11 is 1.63. The fourth-order valence-corrected chi connectivity index (χ4v) is 2.96. The minimum Gasteiger partial charge on any atom is -0.258 e. The van der Waals surface area contributed by atoms with Gasteiger partial charge in [0, 0.05) is 12.1 Å². The van der Waals surface area contributed by atoms with Gasteiger partial charge in [-0.3, -0.25) is 10.1 Å². The fourth-order valence-electron chi connectivity index (χ4n) is 2.00. The number of hydrogen-bond acceptors (Lipinski definition) is 4. The van der Waals surface area contributed by atoms with Gasteiger partial charge in [0.2, 0.25) is 0 Å². The van der Waals surface area contributed by atoms with E-state index in [9.17, 15) is 10.1 Å². The number of thiazole rings is 1. The zero-order chi connectivity index (χ0) is 14.8. The van der Waals surface area contributed by atoms with Crippen LogP contribution in [0.25, 0.3) is 22.4 Å². The number of benzene rings is 2. The lowest BCUT2D eigenvalue weighted by Gasteiger charge is -1.92. The Labute approximate surface area is 125 Å². The molecule has 4 nitrogen and oxygen atoms in total. The molecule has 0 N–H and O–H groups in total. The van der Waals surface area contributed by atoms with E-state index in [2.05, 4.69) is 18.0 Å². The molecule has 0 aliphatic rings. The number of nitro benzene ring substituents is 1. The molecule has 5 heteroatoms. The van der Waals surface area contributed by atoms with Crippen LogP contribution in [-0.4, -0.2) is 9.91 Å². The molecule has 3 rings (SSSR count). The summed E-state index contributed by atoms with van der Waals surface area (Å²) in [4.78, 5) is 14.7. The second kappa shape index (κ2) is 5.46. The number of rotatable bonds is 3. The predicted molar refractivity (Wildman–Crippen MR) is 86.4 cm³/mol. The van der Waals surface area contributed by atoms with Gasteiger partial charge in [-0.15, -0.1) is 11.3 Å². The smallest absolute Gasteiger partial charge is 0.258 e. The number of hydrogen-bond donors (Lipinski definition) is 0. The summed E-state index contributed by atoms with van der Waals surface area (Å²) in [7, 11) is 0. The molecule has 0 spiro atoms. The Bertz CT molecular complexity index is 835. The molecule has 21 heavy (non-hydrogen) atoms. The van der Waals surface area contributed by atoms with Crippen molar-refractivity contribution in [2.75, 3.05) is 0 Å². The maximum Gasteiger partial charge on any atom is 0.269 e. The average Bonchev–Trinajstić information content (AvgIpc) is 2.87. The monoisotopic (exact) mass is 296 g/mol. The third-order valence-electron chi connectivity index (χ3n) is 3.08. The van der Waals surface area contributed by atoms with Crippen molar-refractivity contribution in [3.8, 4) is 0 Å². The van der Waals surface area contributed by atoms with E-state index in [1.165, 1.54) is 22.4 Å². The van der Waals surface area contributed by atoms with Crippen molar-refractivity contribution in [2.24, 2.45) is 0 Å². The first-order valence-corrected chi connectivity index (χ1v) is 7.23. The van der Waals surface area contributed by atoms with Crippen molar-refractivity contribution in [2.45, 2.75) is 6.92 Å². The van der Waals surface area contributed by atoms with Crippen LogP contribution in [0.2, 0.25) is 0 Å². The number of aryl methyl sites for hydroxylation is 1. The van der Waals surface area contributed by atoms with E-state index >= 15 is 0 Å². The van der Waals surface area contributed by atoms with Gasteiger partial charge >= 0.3 is 0 Å². The van der Waals surface area contributed by atoms with Crippen LogP contribution in [0, 0.1) is 17.0 Å². The van der Waals surface area contributed by atoms with Gasteiger partial charge in [0.25, 0.3) is 5.69 Å². The highest BCUT2D eigenvalue weighted by molar-refractivity contribution is 7.19. The van der Waals surface area contributed by atoms with E-state index in [0.717, 1.165) is 16.1 Å². The van der Waals surface area contributed by atoms with Crippen LogP contribution in [0.4, 0.5) is 5.69 Å². The Kier molecular flexibility index (Phi) is 3.50. The summed E-state index contributed by atoms with van der Waals surface area (Å²) in [5.74, 6) is 0. The van der Waals surface area contributed by atoms with Gasteiger partial charge < -0.3 is 0 Å². The first-order valence-electron chi connectivity index (χ1n) is 6.41. The lowest BCUT2D eigenvalue weighted by molar-refractivity contribution is -0.384. The maximum absolute atomic E-state index is 10.6. The Morgan fingerprint density at radius 1 is 1.14 bits per heavy atom. The van der Waals surface area contributed by atoms with Crippen LogP contribution < -0.4 is 0 Å². The van der Waals surface area contributed by atoms with Crippen molar-refractivity contribution >= 4 is 39.4 Å². The molecule has 0 atom stereocenters. The van der Waals surface area contributed by atoms with E-state index in [1.54, 1.807) is 23.5 Å². The molecular weight excluding hydrogens is 284 g/mol. The number of non-ortho nitro benzene ring substituents is 1. The van der Waals surface area contributed by atoms with Crippen molar-refractivity contribution < 1.29 is 4.92 Å².